The molecule has 4 nitrogen and oxygen atoms in total. The molecule has 0 radical (unpaired) electrons. The lowest BCUT2D eigenvalue weighted by molar-refractivity contribution is 0.121. The Kier molecular flexibility index (Phi) is 6.28. The zero-order chi connectivity index (χ0) is 11.1. The molecular weight excluding hydrogens is 180 g/mol. The molecule has 84 valence electrons. The quantitative estimate of drug-likeness (QED) is 0.700. The Morgan fingerprint density at radius 3 is 2.21 bits per heavy atom. The molecule has 0 rings (SSSR count). The summed E-state index contributed by atoms with van der Waals surface area (Å²) in [6, 6.07) is -0.102. The Balaban J connectivity index is 3.83. The first kappa shape index (κ1) is 13.2. The Hall–Kier alpha value is -0.770. The maximum Gasteiger partial charge on any atom is 0.317 e. The normalized spacial score (nSPS) is 12.7. The molecule has 2 amide bonds. The number of aliphatic hydroxyl groups is 1. The van der Waals surface area contributed by atoms with Crippen LogP contribution < -0.4 is 5.32 Å². The number of hydrogen-bond acceptors (Lipinski definition) is 2. The van der Waals surface area contributed by atoms with E-state index in [4.69, 9.17) is 0 Å². The molecule has 0 aromatic carbocycles. The van der Waals surface area contributed by atoms with Gasteiger partial charge < -0.3 is 15.3 Å². The molecule has 0 aromatic heterocycles. The third kappa shape index (κ3) is 4.46. The average molecular weight is 202 g/mol. The van der Waals surface area contributed by atoms with Crippen molar-refractivity contribution >= 4 is 6.03 Å². The molecular formula is C10H22N2O2. The second-order valence-electron chi connectivity index (χ2n) is 3.67. The molecule has 0 heterocycles. The van der Waals surface area contributed by atoms with Gasteiger partial charge in [0.15, 0.2) is 0 Å². The topological polar surface area (TPSA) is 52.6 Å². The molecule has 0 saturated carbocycles. The summed E-state index contributed by atoms with van der Waals surface area (Å²) in [6.07, 6.45) is -0.463. The lowest BCUT2D eigenvalue weighted by Crippen LogP contribution is -2.43. The van der Waals surface area contributed by atoms with E-state index in [0.29, 0.717) is 19.6 Å². The van der Waals surface area contributed by atoms with Gasteiger partial charge in [0.25, 0.3) is 0 Å². The number of aliphatic hydroxyl groups excluding tert-OH is 1. The van der Waals surface area contributed by atoms with Crippen LogP contribution in [0.15, 0.2) is 0 Å². The minimum Gasteiger partial charge on any atom is -0.391 e. The van der Waals surface area contributed by atoms with Gasteiger partial charge in [-0.25, -0.2) is 4.79 Å². The predicted molar refractivity (Wildman–Crippen MR) is 57.2 cm³/mol. The molecule has 4 heteroatoms. The van der Waals surface area contributed by atoms with E-state index in [1.165, 1.54) is 0 Å². The van der Waals surface area contributed by atoms with Crippen LogP contribution in [-0.2, 0) is 0 Å². The first-order valence-electron chi connectivity index (χ1n) is 5.23. The van der Waals surface area contributed by atoms with Crippen molar-refractivity contribution in [1.29, 1.82) is 0 Å². The number of carbonyl (C=O) groups excluding carboxylic acids is 1. The highest BCUT2D eigenvalue weighted by Crippen LogP contribution is 1.99. The van der Waals surface area contributed by atoms with Crippen LogP contribution >= 0.6 is 0 Å². The molecule has 1 atom stereocenters. The van der Waals surface area contributed by atoms with Crippen molar-refractivity contribution in [3.63, 3.8) is 0 Å². The maximum atomic E-state index is 11.4. The molecule has 0 aliphatic heterocycles. The van der Waals surface area contributed by atoms with Crippen molar-refractivity contribution in [3.05, 3.63) is 0 Å². The largest absolute Gasteiger partial charge is 0.391 e. The van der Waals surface area contributed by atoms with Gasteiger partial charge in [-0.1, -0.05) is 13.8 Å². The Morgan fingerprint density at radius 2 is 1.86 bits per heavy atom. The second-order valence-corrected chi connectivity index (χ2v) is 3.67. The summed E-state index contributed by atoms with van der Waals surface area (Å²) in [5.41, 5.74) is 0. The van der Waals surface area contributed by atoms with Crippen LogP contribution in [0, 0.1) is 5.92 Å². The summed E-state index contributed by atoms with van der Waals surface area (Å²) >= 11 is 0. The van der Waals surface area contributed by atoms with Crippen LogP contribution in [0.2, 0.25) is 0 Å². The first-order chi connectivity index (χ1) is 6.52. The fraction of sp³-hybridized carbons (Fsp3) is 0.900. The first-order valence-corrected chi connectivity index (χ1v) is 5.23. The maximum absolute atomic E-state index is 11.4. The van der Waals surface area contributed by atoms with Gasteiger partial charge in [-0.3, -0.25) is 0 Å². The van der Waals surface area contributed by atoms with E-state index < -0.39 is 6.10 Å². The zero-order valence-corrected chi connectivity index (χ0v) is 9.58. The molecule has 0 saturated heterocycles. The molecule has 2 N–H and O–H groups in total. The van der Waals surface area contributed by atoms with Crippen molar-refractivity contribution in [2.75, 3.05) is 19.6 Å². The lowest BCUT2D eigenvalue weighted by Gasteiger charge is -2.21. The summed E-state index contributed by atoms with van der Waals surface area (Å²) in [5.74, 6) is 0.173. The van der Waals surface area contributed by atoms with Crippen molar-refractivity contribution < 1.29 is 9.90 Å². The zero-order valence-electron chi connectivity index (χ0n) is 9.58. The molecule has 1 unspecified atom stereocenters. The van der Waals surface area contributed by atoms with Crippen molar-refractivity contribution in [2.45, 2.75) is 33.8 Å². The minimum absolute atomic E-state index is 0.102. The number of carbonyl (C=O) groups is 1. The van der Waals surface area contributed by atoms with E-state index in [1.807, 2.05) is 27.7 Å². The van der Waals surface area contributed by atoms with E-state index in [2.05, 4.69) is 5.32 Å². The van der Waals surface area contributed by atoms with E-state index >= 15 is 0 Å². The predicted octanol–water partition coefficient (Wildman–Crippen LogP) is 1.05. The summed E-state index contributed by atoms with van der Waals surface area (Å²) in [5, 5.41) is 12.2. The number of nitrogens with one attached hydrogen (secondary N) is 1. The third-order valence-corrected chi connectivity index (χ3v) is 2.28. The Labute approximate surface area is 86.3 Å². The van der Waals surface area contributed by atoms with Crippen LogP contribution in [0.25, 0.3) is 0 Å². The van der Waals surface area contributed by atoms with Gasteiger partial charge in [-0.05, 0) is 19.8 Å². The highest BCUT2D eigenvalue weighted by atomic mass is 16.3. The number of rotatable bonds is 5. The summed E-state index contributed by atoms with van der Waals surface area (Å²) in [4.78, 5) is 13.1. The molecule has 0 aliphatic rings. The third-order valence-electron chi connectivity index (χ3n) is 2.28. The summed E-state index contributed by atoms with van der Waals surface area (Å²) in [7, 11) is 0. The Morgan fingerprint density at radius 1 is 1.36 bits per heavy atom. The van der Waals surface area contributed by atoms with Gasteiger partial charge >= 0.3 is 6.03 Å². The molecule has 0 aromatic rings. The van der Waals surface area contributed by atoms with Gasteiger partial charge in [-0.15, -0.1) is 0 Å². The summed E-state index contributed by atoms with van der Waals surface area (Å²) in [6.45, 7) is 9.43. The minimum atomic E-state index is -0.463. The number of urea groups is 1. The van der Waals surface area contributed by atoms with E-state index in [-0.39, 0.29) is 11.9 Å². The molecule has 0 fully saturated rings. The van der Waals surface area contributed by atoms with E-state index in [9.17, 15) is 9.90 Å². The van der Waals surface area contributed by atoms with Gasteiger partial charge in [-0.2, -0.15) is 0 Å². The van der Waals surface area contributed by atoms with Crippen LogP contribution in [0.1, 0.15) is 27.7 Å². The van der Waals surface area contributed by atoms with Gasteiger partial charge in [0.1, 0.15) is 0 Å². The van der Waals surface area contributed by atoms with Crippen LogP contribution in [-0.4, -0.2) is 41.8 Å². The number of nitrogens with zero attached hydrogens (tertiary/aromatic N) is 1. The fourth-order valence-electron chi connectivity index (χ4n) is 1.05. The standard InChI is InChI=1S/C10H22N2O2/c1-5-12(6-2)10(14)11-7-9(13)8(3)4/h8-9,13H,5-7H2,1-4H3,(H,11,14). The van der Waals surface area contributed by atoms with Crippen LogP contribution in [0.4, 0.5) is 4.79 Å². The smallest absolute Gasteiger partial charge is 0.317 e. The highest BCUT2D eigenvalue weighted by molar-refractivity contribution is 5.74. The lowest BCUT2D eigenvalue weighted by atomic mass is 10.1. The van der Waals surface area contributed by atoms with E-state index in [1.54, 1.807) is 4.90 Å². The molecule has 0 bridgehead atoms. The van der Waals surface area contributed by atoms with Crippen molar-refractivity contribution in [1.82, 2.24) is 10.2 Å². The monoisotopic (exact) mass is 202 g/mol. The second kappa shape index (κ2) is 6.65. The van der Waals surface area contributed by atoms with Gasteiger partial charge in [0.2, 0.25) is 0 Å². The van der Waals surface area contributed by atoms with Crippen molar-refractivity contribution in [2.24, 2.45) is 5.92 Å². The van der Waals surface area contributed by atoms with Crippen molar-refractivity contribution in [3.8, 4) is 0 Å². The van der Waals surface area contributed by atoms with Crippen LogP contribution in [0.5, 0.6) is 0 Å². The van der Waals surface area contributed by atoms with Crippen LogP contribution in [0.3, 0.4) is 0 Å². The Bertz CT molecular complexity index is 168. The molecule has 0 aliphatic carbocycles. The van der Waals surface area contributed by atoms with Gasteiger partial charge in [0, 0.05) is 19.6 Å². The SMILES string of the molecule is CCN(CC)C(=O)NCC(O)C(C)C. The molecule has 14 heavy (non-hydrogen) atoms. The van der Waals surface area contributed by atoms with E-state index in [0.717, 1.165) is 0 Å². The molecule has 0 spiro atoms. The number of hydrogen-bond donors (Lipinski definition) is 2. The number of amides is 2. The highest BCUT2D eigenvalue weighted by Gasteiger charge is 2.13. The average Bonchev–Trinajstić information content (AvgIpc) is 2.15. The summed E-state index contributed by atoms with van der Waals surface area (Å²) < 4.78 is 0. The fourth-order valence-corrected chi connectivity index (χ4v) is 1.05. The van der Waals surface area contributed by atoms with Gasteiger partial charge in [0.05, 0.1) is 6.10 Å².